The zero-order valence-electron chi connectivity index (χ0n) is 16.0. The molecular weight excluding hydrogens is 341 g/mol. The first-order valence-electron chi connectivity index (χ1n) is 9.73. The normalized spacial score (nSPS) is 16.1. The molecule has 0 amide bonds. The predicted octanol–water partition coefficient (Wildman–Crippen LogP) is 4.97. The molecule has 0 radical (unpaired) electrons. The fourth-order valence-corrected chi connectivity index (χ4v) is 4.18. The Kier molecular flexibility index (Phi) is 5.12. The van der Waals surface area contributed by atoms with Crippen molar-refractivity contribution in [2.24, 2.45) is 0 Å². The van der Waals surface area contributed by atoms with Crippen LogP contribution in [0.2, 0.25) is 0 Å². The van der Waals surface area contributed by atoms with Gasteiger partial charge in [0.15, 0.2) is 0 Å². The van der Waals surface area contributed by atoms with Crippen LogP contribution in [0.4, 0.5) is 4.39 Å². The Morgan fingerprint density at radius 1 is 1.19 bits per heavy atom. The number of hydrogen-bond acceptors (Lipinski definition) is 3. The molecule has 1 saturated heterocycles. The minimum atomic E-state index is -0.269. The largest absolute Gasteiger partial charge is 0.496 e. The third-order valence-corrected chi connectivity index (χ3v) is 5.57. The number of benzene rings is 1. The minimum Gasteiger partial charge on any atom is -0.496 e. The van der Waals surface area contributed by atoms with Crippen LogP contribution in [-0.4, -0.2) is 41.6 Å². The first kappa shape index (κ1) is 18.0. The molecular formula is C22H26FN3O. The van der Waals surface area contributed by atoms with Gasteiger partial charge in [0.2, 0.25) is 0 Å². The van der Waals surface area contributed by atoms with Crippen LogP contribution in [0.15, 0.2) is 36.5 Å². The third-order valence-electron chi connectivity index (χ3n) is 5.57. The molecule has 0 atom stereocenters. The Morgan fingerprint density at radius 2 is 2.00 bits per heavy atom. The summed E-state index contributed by atoms with van der Waals surface area (Å²) in [6, 6.07) is 8.76. The topological polar surface area (TPSA) is 41.1 Å². The molecule has 0 unspecified atom stereocenters. The maximum absolute atomic E-state index is 13.9. The number of piperidine rings is 1. The average molecular weight is 367 g/mol. The summed E-state index contributed by atoms with van der Waals surface area (Å²) in [5.74, 6) is 0.920. The fraction of sp³-hybridized carbons (Fsp3) is 0.409. The smallest absolute Gasteiger partial charge is 0.138 e. The number of ether oxygens (including phenoxy) is 1. The number of pyridine rings is 1. The van der Waals surface area contributed by atoms with Crippen molar-refractivity contribution in [3.05, 3.63) is 48.0 Å². The van der Waals surface area contributed by atoms with E-state index >= 15 is 0 Å². The first-order chi connectivity index (χ1) is 13.2. The molecule has 5 heteroatoms. The lowest BCUT2D eigenvalue weighted by molar-refractivity contribution is 0.211. The van der Waals surface area contributed by atoms with E-state index in [1.807, 2.05) is 6.07 Å². The lowest BCUT2D eigenvalue weighted by Crippen LogP contribution is -2.33. The second-order valence-electron chi connectivity index (χ2n) is 7.31. The molecule has 27 heavy (non-hydrogen) atoms. The van der Waals surface area contributed by atoms with Gasteiger partial charge in [-0.1, -0.05) is 6.92 Å². The van der Waals surface area contributed by atoms with E-state index in [1.165, 1.54) is 30.8 Å². The van der Waals surface area contributed by atoms with Gasteiger partial charge in [-0.05, 0) is 74.8 Å². The highest BCUT2D eigenvalue weighted by atomic mass is 19.1. The Balaban J connectivity index is 1.69. The van der Waals surface area contributed by atoms with Gasteiger partial charge in [0, 0.05) is 28.8 Å². The van der Waals surface area contributed by atoms with E-state index in [0.29, 0.717) is 11.7 Å². The van der Waals surface area contributed by atoms with Crippen LogP contribution in [0.25, 0.3) is 22.2 Å². The molecule has 1 aliphatic rings. The summed E-state index contributed by atoms with van der Waals surface area (Å²) in [6.07, 6.45) is 5.29. The van der Waals surface area contributed by atoms with E-state index in [1.54, 1.807) is 19.4 Å². The summed E-state index contributed by atoms with van der Waals surface area (Å²) in [5.41, 5.74) is 3.79. The molecule has 2 aromatic heterocycles. The molecule has 0 spiro atoms. The highest BCUT2D eigenvalue weighted by molar-refractivity contribution is 5.95. The van der Waals surface area contributed by atoms with E-state index in [9.17, 15) is 4.39 Å². The molecule has 1 N–H and O–H groups in total. The summed E-state index contributed by atoms with van der Waals surface area (Å²) >= 11 is 0. The van der Waals surface area contributed by atoms with Crippen molar-refractivity contribution in [3.63, 3.8) is 0 Å². The summed E-state index contributed by atoms with van der Waals surface area (Å²) in [7, 11) is 1.61. The highest BCUT2D eigenvalue weighted by Gasteiger charge is 2.22. The van der Waals surface area contributed by atoms with Crippen LogP contribution in [0.3, 0.4) is 0 Å². The quantitative estimate of drug-likeness (QED) is 0.692. The second kappa shape index (κ2) is 7.69. The number of fused-ring (bicyclic) bond motifs is 1. The lowest BCUT2D eigenvalue weighted by atomic mass is 9.93. The number of nitrogens with one attached hydrogen (secondary N) is 1. The van der Waals surface area contributed by atoms with E-state index < -0.39 is 0 Å². The third kappa shape index (κ3) is 3.56. The molecule has 0 saturated carbocycles. The van der Waals surface area contributed by atoms with Gasteiger partial charge in [0.05, 0.1) is 7.11 Å². The number of nitrogens with zero attached hydrogens (tertiary/aromatic N) is 2. The minimum absolute atomic E-state index is 0.269. The van der Waals surface area contributed by atoms with Gasteiger partial charge < -0.3 is 14.6 Å². The first-order valence-corrected chi connectivity index (χ1v) is 9.73. The van der Waals surface area contributed by atoms with Crippen molar-refractivity contribution in [2.75, 3.05) is 26.7 Å². The molecule has 1 aliphatic heterocycles. The van der Waals surface area contributed by atoms with Crippen LogP contribution in [0.1, 0.15) is 37.8 Å². The molecule has 3 heterocycles. The Hall–Kier alpha value is -2.40. The Bertz CT molecular complexity index is 928. The second-order valence-corrected chi connectivity index (χ2v) is 7.31. The van der Waals surface area contributed by atoms with Gasteiger partial charge in [-0.2, -0.15) is 0 Å². The maximum Gasteiger partial charge on any atom is 0.138 e. The van der Waals surface area contributed by atoms with Gasteiger partial charge in [0.25, 0.3) is 0 Å². The van der Waals surface area contributed by atoms with Gasteiger partial charge in [-0.3, -0.25) is 0 Å². The highest BCUT2D eigenvalue weighted by Crippen LogP contribution is 2.37. The zero-order chi connectivity index (χ0) is 18.8. The van der Waals surface area contributed by atoms with Gasteiger partial charge in [-0.25, -0.2) is 9.37 Å². The van der Waals surface area contributed by atoms with E-state index in [-0.39, 0.29) is 5.82 Å². The molecule has 4 rings (SSSR count). The molecule has 142 valence electrons. The average Bonchev–Trinajstić information content (AvgIpc) is 3.13. The van der Waals surface area contributed by atoms with E-state index in [4.69, 9.17) is 4.74 Å². The van der Waals surface area contributed by atoms with E-state index in [2.05, 4.69) is 27.9 Å². The van der Waals surface area contributed by atoms with E-state index in [0.717, 1.165) is 48.1 Å². The van der Waals surface area contributed by atoms with Gasteiger partial charge >= 0.3 is 0 Å². The van der Waals surface area contributed by atoms with Crippen molar-refractivity contribution in [2.45, 2.75) is 32.1 Å². The van der Waals surface area contributed by atoms with Gasteiger partial charge in [0.1, 0.15) is 17.2 Å². The number of rotatable bonds is 5. The standard InChI is InChI=1S/C22H26FN3O/c1-3-10-26-11-7-15(8-12-26)20-14-19-17(6-9-24-22(19)25-20)18-13-16(23)4-5-21(18)27-2/h4-6,9,13-15H,3,7-8,10-12H2,1-2H3,(H,24,25). The Morgan fingerprint density at radius 3 is 2.74 bits per heavy atom. The molecule has 4 nitrogen and oxygen atoms in total. The predicted molar refractivity (Wildman–Crippen MR) is 107 cm³/mol. The van der Waals surface area contributed by atoms with Crippen LogP contribution < -0.4 is 4.74 Å². The monoisotopic (exact) mass is 367 g/mol. The summed E-state index contributed by atoms with van der Waals surface area (Å²) in [6.45, 7) is 5.71. The van der Waals surface area contributed by atoms with Crippen LogP contribution >= 0.6 is 0 Å². The lowest BCUT2D eigenvalue weighted by Gasteiger charge is -2.31. The number of likely N-dealkylation sites (tertiary alicyclic amines) is 1. The van der Waals surface area contributed by atoms with Crippen molar-refractivity contribution in [1.82, 2.24) is 14.9 Å². The molecule has 1 aromatic carbocycles. The van der Waals surface area contributed by atoms with Crippen LogP contribution in [0.5, 0.6) is 5.75 Å². The number of H-pyrrole nitrogens is 1. The molecule has 3 aromatic rings. The molecule has 0 aliphatic carbocycles. The number of aromatic amines is 1. The SMILES string of the molecule is CCCN1CCC(c2cc3c(-c4cc(F)ccc4OC)ccnc3[nH]2)CC1. The number of halogens is 1. The fourth-order valence-electron chi connectivity index (χ4n) is 4.18. The van der Waals surface area contributed by atoms with Crippen molar-refractivity contribution >= 4 is 11.0 Å². The Labute approximate surface area is 159 Å². The van der Waals surface area contributed by atoms with Crippen molar-refractivity contribution in [3.8, 4) is 16.9 Å². The van der Waals surface area contributed by atoms with Crippen LogP contribution in [-0.2, 0) is 0 Å². The molecule has 0 bridgehead atoms. The van der Waals surface area contributed by atoms with Gasteiger partial charge in [-0.15, -0.1) is 0 Å². The number of methoxy groups -OCH3 is 1. The molecule has 1 fully saturated rings. The summed E-state index contributed by atoms with van der Waals surface area (Å²) < 4.78 is 19.3. The maximum atomic E-state index is 13.9. The summed E-state index contributed by atoms with van der Waals surface area (Å²) in [5, 5.41) is 1.02. The number of aromatic nitrogens is 2. The van der Waals surface area contributed by atoms with Crippen LogP contribution in [0, 0.1) is 5.82 Å². The summed E-state index contributed by atoms with van der Waals surface area (Å²) in [4.78, 5) is 10.6. The zero-order valence-corrected chi connectivity index (χ0v) is 16.0. The number of hydrogen-bond donors (Lipinski definition) is 1. The van der Waals surface area contributed by atoms with Crippen molar-refractivity contribution < 1.29 is 9.13 Å². The van der Waals surface area contributed by atoms with Crippen molar-refractivity contribution in [1.29, 1.82) is 0 Å².